The van der Waals surface area contributed by atoms with E-state index in [1.54, 1.807) is 26.0 Å². The normalized spacial score (nSPS) is 14.6. The number of carbonyl (C=O) groups is 3. The van der Waals surface area contributed by atoms with Crippen molar-refractivity contribution in [1.82, 2.24) is 4.90 Å². The molecule has 9 heteroatoms. The van der Waals surface area contributed by atoms with Gasteiger partial charge in [-0.2, -0.15) is 0 Å². The second-order valence-electron chi connectivity index (χ2n) is 8.50. The standard InChI is InChI=1S/C28H26INO6S/c1-4-34-23-13-18(14-24-27(32)30(28(33)37-24)15-25(31)36-17(2)3)12-22(29)26(23)35-16-20-10-7-9-19-8-5-6-11-21(19)20/h5-14,17H,4,15-16H2,1-3H3/b24-14+. The maximum Gasteiger partial charge on any atom is 0.326 e. The molecule has 3 aromatic rings. The molecular weight excluding hydrogens is 605 g/mol. The minimum Gasteiger partial charge on any atom is -0.490 e. The van der Waals surface area contributed by atoms with E-state index < -0.39 is 23.7 Å². The first-order valence-electron chi connectivity index (χ1n) is 11.8. The quantitative estimate of drug-likeness (QED) is 0.153. The van der Waals surface area contributed by atoms with Gasteiger partial charge in [-0.3, -0.25) is 19.3 Å². The summed E-state index contributed by atoms with van der Waals surface area (Å²) < 4.78 is 18.0. The topological polar surface area (TPSA) is 82.1 Å². The van der Waals surface area contributed by atoms with Gasteiger partial charge in [-0.05, 0) is 95.2 Å². The first kappa shape index (κ1) is 27.0. The molecule has 192 valence electrons. The summed E-state index contributed by atoms with van der Waals surface area (Å²) in [6, 6.07) is 17.9. The van der Waals surface area contributed by atoms with Crippen molar-refractivity contribution in [3.63, 3.8) is 0 Å². The molecule has 0 spiro atoms. The predicted octanol–water partition coefficient (Wildman–Crippen LogP) is 6.41. The Kier molecular flexibility index (Phi) is 8.75. The Balaban J connectivity index is 1.56. The molecule has 0 saturated carbocycles. The molecule has 0 unspecified atom stereocenters. The fourth-order valence-electron chi connectivity index (χ4n) is 3.86. The smallest absolute Gasteiger partial charge is 0.326 e. The maximum atomic E-state index is 12.8. The van der Waals surface area contributed by atoms with E-state index in [1.807, 2.05) is 37.3 Å². The summed E-state index contributed by atoms with van der Waals surface area (Å²) in [6.07, 6.45) is 1.29. The summed E-state index contributed by atoms with van der Waals surface area (Å²) in [4.78, 5) is 38.3. The Morgan fingerprint density at radius 2 is 1.84 bits per heavy atom. The first-order chi connectivity index (χ1) is 17.8. The lowest BCUT2D eigenvalue weighted by molar-refractivity contribution is -0.149. The molecule has 4 rings (SSSR count). The van der Waals surface area contributed by atoms with Crippen LogP contribution in [0.4, 0.5) is 4.79 Å². The lowest BCUT2D eigenvalue weighted by Gasteiger charge is -2.16. The highest BCUT2D eigenvalue weighted by molar-refractivity contribution is 14.1. The van der Waals surface area contributed by atoms with Crippen LogP contribution in [-0.4, -0.2) is 41.3 Å². The van der Waals surface area contributed by atoms with Gasteiger partial charge in [-0.15, -0.1) is 0 Å². The monoisotopic (exact) mass is 631 g/mol. The summed E-state index contributed by atoms with van der Waals surface area (Å²) in [5.74, 6) is -0.00270. The number of rotatable bonds is 9. The molecule has 0 aromatic heterocycles. The third kappa shape index (κ3) is 6.45. The fourth-order valence-corrected chi connectivity index (χ4v) is 5.48. The summed E-state index contributed by atoms with van der Waals surface area (Å²) in [7, 11) is 0. The number of amides is 2. The second kappa shape index (κ2) is 12.0. The molecule has 0 aliphatic carbocycles. The lowest BCUT2D eigenvalue weighted by Crippen LogP contribution is -2.35. The molecule has 7 nitrogen and oxygen atoms in total. The molecule has 0 atom stereocenters. The van der Waals surface area contributed by atoms with Gasteiger partial charge in [0.25, 0.3) is 11.1 Å². The van der Waals surface area contributed by atoms with Crippen molar-refractivity contribution < 1.29 is 28.6 Å². The lowest BCUT2D eigenvalue weighted by atomic mass is 10.1. The van der Waals surface area contributed by atoms with Crippen LogP contribution in [0.5, 0.6) is 11.5 Å². The number of carbonyl (C=O) groups excluding carboxylic acids is 3. The number of halogens is 1. The Labute approximate surface area is 233 Å². The number of ether oxygens (including phenoxy) is 3. The van der Waals surface area contributed by atoms with Crippen LogP contribution in [0.2, 0.25) is 0 Å². The largest absolute Gasteiger partial charge is 0.490 e. The number of benzene rings is 3. The Morgan fingerprint density at radius 1 is 1.08 bits per heavy atom. The zero-order valence-electron chi connectivity index (χ0n) is 20.7. The minimum absolute atomic E-state index is 0.227. The molecule has 0 radical (unpaired) electrons. The van der Waals surface area contributed by atoms with Crippen LogP contribution in [0.3, 0.4) is 0 Å². The van der Waals surface area contributed by atoms with Gasteiger partial charge in [-0.25, -0.2) is 0 Å². The number of nitrogens with zero attached hydrogens (tertiary/aromatic N) is 1. The van der Waals surface area contributed by atoms with Crippen LogP contribution in [-0.2, 0) is 20.9 Å². The second-order valence-corrected chi connectivity index (χ2v) is 10.7. The molecule has 1 heterocycles. The molecule has 37 heavy (non-hydrogen) atoms. The van der Waals surface area contributed by atoms with Crippen molar-refractivity contribution in [1.29, 1.82) is 0 Å². The fraction of sp³-hybridized carbons (Fsp3) is 0.250. The zero-order chi connectivity index (χ0) is 26.5. The van der Waals surface area contributed by atoms with Gasteiger partial charge >= 0.3 is 5.97 Å². The number of fused-ring (bicyclic) bond motifs is 1. The molecule has 2 amide bonds. The van der Waals surface area contributed by atoms with Crippen molar-refractivity contribution in [2.75, 3.05) is 13.2 Å². The van der Waals surface area contributed by atoms with Crippen molar-refractivity contribution in [3.05, 3.63) is 74.2 Å². The number of imide groups is 1. The van der Waals surface area contributed by atoms with Crippen molar-refractivity contribution in [2.45, 2.75) is 33.5 Å². The number of thioether (sulfide) groups is 1. The highest BCUT2D eigenvalue weighted by atomic mass is 127. The number of hydrogen-bond donors (Lipinski definition) is 0. The van der Waals surface area contributed by atoms with Gasteiger partial charge in [0.1, 0.15) is 13.2 Å². The van der Waals surface area contributed by atoms with Gasteiger partial charge in [0.2, 0.25) is 0 Å². The van der Waals surface area contributed by atoms with E-state index in [2.05, 4.69) is 40.8 Å². The number of hydrogen-bond acceptors (Lipinski definition) is 7. The average molecular weight is 631 g/mol. The van der Waals surface area contributed by atoms with E-state index in [9.17, 15) is 14.4 Å². The summed E-state index contributed by atoms with van der Waals surface area (Å²) in [5, 5.41) is 1.76. The highest BCUT2D eigenvalue weighted by Crippen LogP contribution is 2.38. The molecular formula is C28H26INO6S. The Hall–Kier alpha value is -3.05. The SMILES string of the molecule is CCOc1cc(/C=C2/SC(=O)N(CC(=O)OC(C)C)C2=O)cc(I)c1OCc1cccc2ccccc12. The molecule has 1 saturated heterocycles. The van der Waals surface area contributed by atoms with Crippen molar-refractivity contribution in [3.8, 4) is 11.5 Å². The van der Waals surface area contributed by atoms with E-state index in [-0.39, 0.29) is 11.0 Å². The highest BCUT2D eigenvalue weighted by Gasteiger charge is 2.37. The number of esters is 1. The third-order valence-electron chi connectivity index (χ3n) is 5.41. The van der Waals surface area contributed by atoms with Gasteiger partial charge in [0, 0.05) is 0 Å². The maximum absolute atomic E-state index is 12.8. The molecule has 1 fully saturated rings. The van der Waals surface area contributed by atoms with Crippen LogP contribution in [0, 0.1) is 3.57 Å². The summed E-state index contributed by atoms with van der Waals surface area (Å²) >= 11 is 2.97. The summed E-state index contributed by atoms with van der Waals surface area (Å²) in [5.41, 5.74) is 1.74. The summed E-state index contributed by atoms with van der Waals surface area (Å²) in [6.45, 7) is 5.68. The van der Waals surface area contributed by atoms with Crippen LogP contribution in [0.25, 0.3) is 16.8 Å². The van der Waals surface area contributed by atoms with Gasteiger partial charge < -0.3 is 14.2 Å². The van der Waals surface area contributed by atoms with Crippen LogP contribution in [0.1, 0.15) is 31.9 Å². The Bertz CT molecular complexity index is 1380. The Morgan fingerprint density at radius 3 is 2.59 bits per heavy atom. The van der Waals surface area contributed by atoms with E-state index in [0.29, 0.717) is 30.3 Å². The van der Waals surface area contributed by atoms with E-state index >= 15 is 0 Å². The van der Waals surface area contributed by atoms with Gasteiger partial charge in [0.05, 0.1) is 21.2 Å². The predicted molar refractivity (Wildman–Crippen MR) is 153 cm³/mol. The first-order valence-corrected chi connectivity index (χ1v) is 13.7. The van der Waals surface area contributed by atoms with Crippen LogP contribution < -0.4 is 9.47 Å². The molecule has 0 N–H and O–H groups in total. The molecule has 0 bridgehead atoms. The average Bonchev–Trinajstić information content (AvgIpc) is 3.10. The van der Waals surface area contributed by atoms with Crippen molar-refractivity contribution >= 4 is 68.3 Å². The molecule has 1 aliphatic heterocycles. The van der Waals surface area contributed by atoms with Gasteiger partial charge in [0.15, 0.2) is 11.5 Å². The van der Waals surface area contributed by atoms with E-state index in [0.717, 1.165) is 36.6 Å². The van der Waals surface area contributed by atoms with E-state index in [1.165, 1.54) is 0 Å². The third-order valence-corrected chi connectivity index (χ3v) is 7.12. The molecule has 1 aliphatic rings. The van der Waals surface area contributed by atoms with E-state index in [4.69, 9.17) is 14.2 Å². The van der Waals surface area contributed by atoms with Crippen LogP contribution in [0.15, 0.2) is 59.5 Å². The minimum atomic E-state index is -0.626. The zero-order valence-corrected chi connectivity index (χ0v) is 23.6. The molecule has 3 aromatic carbocycles. The van der Waals surface area contributed by atoms with Crippen LogP contribution >= 0.6 is 34.4 Å². The van der Waals surface area contributed by atoms with Gasteiger partial charge in [-0.1, -0.05) is 42.5 Å². The van der Waals surface area contributed by atoms with Crippen molar-refractivity contribution in [2.24, 2.45) is 0 Å².